The third-order valence-electron chi connectivity index (χ3n) is 4.39. The van der Waals surface area contributed by atoms with Crippen LogP contribution < -0.4 is 14.8 Å². The molecule has 142 valence electrons. The van der Waals surface area contributed by atoms with Crippen LogP contribution in [0, 0.1) is 0 Å². The summed E-state index contributed by atoms with van der Waals surface area (Å²) >= 11 is 19.6. The fourth-order valence-corrected chi connectivity index (χ4v) is 4.83. The number of halogens is 2. The molecule has 0 radical (unpaired) electrons. The predicted molar refractivity (Wildman–Crippen MR) is 124 cm³/mol. The molecule has 0 aromatic heterocycles. The van der Waals surface area contributed by atoms with E-state index in [2.05, 4.69) is 17.1 Å². The van der Waals surface area contributed by atoms with Gasteiger partial charge in [0.15, 0.2) is 4.32 Å². The van der Waals surface area contributed by atoms with E-state index < -0.39 is 0 Å². The number of nitrogens with zero attached hydrogens (tertiary/aromatic N) is 2. The van der Waals surface area contributed by atoms with Gasteiger partial charge in [0.05, 0.1) is 18.5 Å². The second-order valence-corrected chi connectivity index (χ2v) is 8.71. The summed E-state index contributed by atoms with van der Waals surface area (Å²) in [6, 6.07) is 23.5. The molecule has 3 aromatic carbocycles. The zero-order valence-corrected chi connectivity index (χ0v) is 18.0. The number of hydrogen-bond donors (Lipinski definition) is 0. The zero-order valence-electron chi connectivity index (χ0n) is 14.9. The van der Waals surface area contributed by atoms with E-state index in [0.29, 0.717) is 10.0 Å². The molecule has 1 saturated heterocycles. The largest absolute Gasteiger partial charge is 0.497 e. The van der Waals surface area contributed by atoms with Crippen LogP contribution in [0.2, 0.25) is 10.0 Å². The van der Waals surface area contributed by atoms with E-state index in [1.54, 1.807) is 18.9 Å². The minimum atomic E-state index is -0.0183. The fraction of sp³-hybridized carbons (Fsp3) is 0.0952. The van der Waals surface area contributed by atoms with Crippen molar-refractivity contribution in [2.24, 2.45) is 0 Å². The molecule has 0 bridgehead atoms. The van der Waals surface area contributed by atoms with Gasteiger partial charge in [-0.1, -0.05) is 59.3 Å². The summed E-state index contributed by atoms with van der Waals surface area (Å²) < 4.78 is 6.06. The molecular weight excluding hydrogens is 431 g/mol. The predicted octanol–water partition coefficient (Wildman–Crippen LogP) is 6.96. The number of anilines is 2. The maximum Gasteiger partial charge on any atom is 0.162 e. The van der Waals surface area contributed by atoms with Gasteiger partial charge in [-0.15, -0.1) is 0 Å². The summed E-state index contributed by atoms with van der Waals surface area (Å²) in [5.74, 6) is 0.821. The number of thiocarbonyl (C=S) groups is 1. The van der Waals surface area contributed by atoms with Gasteiger partial charge in [0.2, 0.25) is 0 Å². The Kier molecular flexibility index (Phi) is 5.69. The van der Waals surface area contributed by atoms with Gasteiger partial charge in [-0.25, -0.2) is 5.01 Å². The lowest BCUT2D eigenvalue weighted by Crippen LogP contribution is -2.39. The Balaban J connectivity index is 1.79. The number of rotatable bonds is 4. The molecule has 7 heteroatoms. The van der Waals surface area contributed by atoms with Crippen molar-refractivity contribution < 1.29 is 4.74 Å². The lowest BCUT2D eigenvalue weighted by Gasteiger charge is -2.34. The second kappa shape index (κ2) is 8.21. The molecule has 0 aliphatic carbocycles. The van der Waals surface area contributed by atoms with Crippen LogP contribution in [0.5, 0.6) is 5.75 Å². The van der Waals surface area contributed by atoms with E-state index in [1.165, 1.54) is 0 Å². The molecule has 28 heavy (non-hydrogen) atoms. The van der Waals surface area contributed by atoms with Crippen molar-refractivity contribution in [3.63, 3.8) is 0 Å². The SMILES string of the molecule is COc1ccc([C@H]2SC(=S)N(c3ccc(Cl)cc3)N2c2ccc(Cl)cc2)cc1. The van der Waals surface area contributed by atoms with Crippen LogP contribution in [0.4, 0.5) is 11.4 Å². The first-order chi connectivity index (χ1) is 13.6. The molecule has 0 amide bonds. The summed E-state index contributed by atoms with van der Waals surface area (Å²) in [4.78, 5) is 0. The minimum Gasteiger partial charge on any atom is -0.497 e. The topological polar surface area (TPSA) is 15.7 Å². The lowest BCUT2D eigenvalue weighted by atomic mass is 10.2. The smallest absolute Gasteiger partial charge is 0.162 e. The van der Waals surface area contributed by atoms with Gasteiger partial charge in [0.1, 0.15) is 11.1 Å². The van der Waals surface area contributed by atoms with Gasteiger partial charge in [0, 0.05) is 10.0 Å². The molecule has 3 nitrogen and oxygen atoms in total. The maximum absolute atomic E-state index is 6.11. The number of hydrogen-bond acceptors (Lipinski definition) is 4. The number of methoxy groups -OCH3 is 1. The standard InChI is InChI=1S/C21H16Cl2N2OS2/c1-26-19-12-2-14(3-13-19)20-24(17-8-4-15(22)5-9-17)25(21(27)28-20)18-10-6-16(23)7-11-18/h2-13,20H,1H3/t20-/m1/s1. The van der Waals surface area contributed by atoms with Crippen LogP contribution in [0.25, 0.3) is 0 Å². The van der Waals surface area contributed by atoms with Gasteiger partial charge >= 0.3 is 0 Å². The number of benzene rings is 3. The minimum absolute atomic E-state index is 0.0183. The monoisotopic (exact) mass is 446 g/mol. The average Bonchev–Trinajstić information content (AvgIpc) is 3.06. The van der Waals surface area contributed by atoms with Crippen LogP contribution in [-0.4, -0.2) is 11.4 Å². The highest BCUT2D eigenvalue weighted by atomic mass is 35.5. The highest BCUT2D eigenvalue weighted by Gasteiger charge is 2.38. The molecule has 0 saturated carbocycles. The fourth-order valence-electron chi connectivity index (χ4n) is 3.02. The van der Waals surface area contributed by atoms with Gasteiger partial charge in [0.25, 0.3) is 0 Å². The molecule has 4 rings (SSSR count). The van der Waals surface area contributed by atoms with Crippen LogP contribution in [0.1, 0.15) is 10.9 Å². The van der Waals surface area contributed by atoms with Crippen molar-refractivity contribution in [2.75, 3.05) is 17.1 Å². The van der Waals surface area contributed by atoms with Gasteiger partial charge in [-0.3, -0.25) is 5.01 Å². The molecule has 0 unspecified atom stereocenters. The number of ether oxygens (including phenoxy) is 1. The summed E-state index contributed by atoms with van der Waals surface area (Å²) in [6.45, 7) is 0. The Morgan fingerprint density at radius 2 is 1.36 bits per heavy atom. The van der Waals surface area contributed by atoms with Gasteiger partial charge in [-0.05, 0) is 66.2 Å². The Morgan fingerprint density at radius 3 is 1.89 bits per heavy atom. The normalized spacial score (nSPS) is 16.5. The molecule has 1 heterocycles. The quantitative estimate of drug-likeness (QED) is 0.401. The number of thioether (sulfide) groups is 1. The molecule has 1 fully saturated rings. The van der Waals surface area contributed by atoms with E-state index in [9.17, 15) is 0 Å². The van der Waals surface area contributed by atoms with Crippen molar-refractivity contribution in [2.45, 2.75) is 5.37 Å². The van der Waals surface area contributed by atoms with Crippen molar-refractivity contribution in [3.8, 4) is 5.75 Å². The Labute approximate surface area is 183 Å². The van der Waals surface area contributed by atoms with Crippen LogP contribution in [0.3, 0.4) is 0 Å². The van der Waals surface area contributed by atoms with Crippen molar-refractivity contribution in [3.05, 3.63) is 88.4 Å². The van der Waals surface area contributed by atoms with Crippen molar-refractivity contribution in [1.29, 1.82) is 0 Å². The summed E-state index contributed by atoms with van der Waals surface area (Å²) in [7, 11) is 1.66. The van der Waals surface area contributed by atoms with Crippen molar-refractivity contribution >= 4 is 62.9 Å². The van der Waals surface area contributed by atoms with Crippen molar-refractivity contribution in [1.82, 2.24) is 0 Å². The Morgan fingerprint density at radius 1 is 0.821 bits per heavy atom. The maximum atomic E-state index is 6.11. The zero-order chi connectivity index (χ0) is 19.7. The molecule has 1 atom stereocenters. The number of hydrazine groups is 1. The molecule has 1 aliphatic heterocycles. The van der Waals surface area contributed by atoms with Crippen LogP contribution in [0.15, 0.2) is 72.8 Å². The van der Waals surface area contributed by atoms with Crippen LogP contribution >= 0.6 is 47.2 Å². The highest BCUT2D eigenvalue weighted by Crippen LogP contribution is 2.47. The second-order valence-electron chi connectivity index (χ2n) is 6.12. The van der Waals surface area contributed by atoms with E-state index in [0.717, 1.165) is 27.0 Å². The highest BCUT2D eigenvalue weighted by molar-refractivity contribution is 8.24. The lowest BCUT2D eigenvalue weighted by molar-refractivity contribution is 0.414. The summed E-state index contributed by atoms with van der Waals surface area (Å²) in [5, 5.41) is 5.57. The van der Waals surface area contributed by atoms with E-state index in [4.69, 9.17) is 40.2 Å². The van der Waals surface area contributed by atoms with Gasteiger partial charge < -0.3 is 4.74 Å². The third kappa shape index (κ3) is 3.80. The molecule has 0 spiro atoms. The Hall–Kier alpha value is -1.92. The summed E-state index contributed by atoms with van der Waals surface area (Å²) in [5.41, 5.74) is 3.07. The first kappa shape index (κ1) is 19.4. The van der Waals surface area contributed by atoms with Crippen LogP contribution in [-0.2, 0) is 0 Å². The average molecular weight is 447 g/mol. The Bertz CT molecular complexity index is 979. The van der Waals surface area contributed by atoms with E-state index >= 15 is 0 Å². The molecule has 1 aliphatic rings. The molecule has 3 aromatic rings. The third-order valence-corrected chi connectivity index (χ3v) is 6.42. The first-order valence-corrected chi connectivity index (χ1v) is 10.6. The molecular formula is C21H16Cl2N2OS2. The molecule has 0 N–H and O–H groups in total. The summed E-state index contributed by atoms with van der Waals surface area (Å²) in [6.07, 6.45) is 0. The van der Waals surface area contributed by atoms with E-state index in [1.807, 2.05) is 65.7 Å². The van der Waals surface area contributed by atoms with Gasteiger partial charge in [-0.2, -0.15) is 0 Å². The first-order valence-electron chi connectivity index (χ1n) is 8.52. The van der Waals surface area contributed by atoms with E-state index in [-0.39, 0.29) is 5.37 Å².